The van der Waals surface area contributed by atoms with Crippen molar-refractivity contribution in [3.63, 3.8) is 0 Å². The van der Waals surface area contributed by atoms with E-state index < -0.39 is 5.97 Å². The Labute approximate surface area is 99.0 Å². The van der Waals surface area contributed by atoms with Crippen LogP contribution in [0.15, 0.2) is 16.5 Å². The number of carboxylic acid groups (broad SMARTS) is 1. The first kappa shape index (κ1) is 13.2. The second kappa shape index (κ2) is 5.49. The fourth-order valence-corrected chi connectivity index (χ4v) is 1.45. The van der Waals surface area contributed by atoms with Crippen molar-refractivity contribution in [2.45, 2.75) is 25.9 Å². The van der Waals surface area contributed by atoms with Crippen molar-refractivity contribution in [1.82, 2.24) is 10.6 Å². The third kappa shape index (κ3) is 3.32. The lowest BCUT2D eigenvalue weighted by molar-refractivity contribution is -0.122. The van der Waals surface area contributed by atoms with E-state index >= 15 is 0 Å². The van der Waals surface area contributed by atoms with Crippen molar-refractivity contribution in [2.75, 3.05) is 7.05 Å². The van der Waals surface area contributed by atoms with Gasteiger partial charge in [-0.1, -0.05) is 0 Å². The van der Waals surface area contributed by atoms with E-state index in [4.69, 9.17) is 9.52 Å². The van der Waals surface area contributed by atoms with E-state index in [-0.39, 0.29) is 23.8 Å². The second-order valence-corrected chi connectivity index (χ2v) is 3.73. The van der Waals surface area contributed by atoms with Crippen LogP contribution in [-0.2, 0) is 4.79 Å². The van der Waals surface area contributed by atoms with Gasteiger partial charge < -0.3 is 14.8 Å². The minimum Gasteiger partial charge on any atom is -0.475 e. The minimum atomic E-state index is -1.11. The van der Waals surface area contributed by atoms with Gasteiger partial charge in [0.25, 0.3) is 0 Å². The molecule has 6 nitrogen and oxygen atoms in total. The first-order valence-electron chi connectivity index (χ1n) is 5.26. The van der Waals surface area contributed by atoms with E-state index in [1.54, 1.807) is 27.0 Å². The molecule has 6 heteroatoms. The molecule has 1 heterocycles. The Morgan fingerprint density at radius 3 is 2.47 bits per heavy atom. The molecular weight excluding hydrogens is 224 g/mol. The van der Waals surface area contributed by atoms with E-state index in [2.05, 4.69) is 10.6 Å². The maximum atomic E-state index is 11.3. The third-order valence-electron chi connectivity index (χ3n) is 2.40. The molecule has 0 saturated carbocycles. The predicted octanol–water partition coefficient (Wildman–Crippen LogP) is 0.763. The molecular formula is C11H16N2O4. The molecule has 0 bridgehead atoms. The number of carbonyl (C=O) groups is 2. The molecule has 1 rings (SSSR count). The second-order valence-electron chi connectivity index (χ2n) is 3.73. The zero-order chi connectivity index (χ0) is 13.0. The number of carboxylic acids is 1. The topological polar surface area (TPSA) is 91.6 Å². The van der Waals surface area contributed by atoms with Gasteiger partial charge in [0.05, 0.1) is 12.1 Å². The molecule has 0 fully saturated rings. The van der Waals surface area contributed by atoms with Crippen LogP contribution in [0.4, 0.5) is 0 Å². The number of furan rings is 1. The summed E-state index contributed by atoms with van der Waals surface area (Å²) in [5.41, 5.74) is 0. The highest BCUT2D eigenvalue weighted by Gasteiger charge is 2.18. The Morgan fingerprint density at radius 1 is 1.35 bits per heavy atom. The van der Waals surface area contributed by atoms with Crippen LogP contribution in [0.3, 0.4) is 0 Å². The van der Waals surface area contributed by atoms with E-state index in [9.17, 15) is 9.59 Å². The van der Waals surface area contributed by atoms with Crippen LogP contribution in [0.1, 0.15) is 36.2 Å². The predicted molar refractivity (Wildman–Crippen MR) is 60.7 cm³/mol. The lowest BCUT2D eigenvalue weighted by atomic mass is 10.2. The molecule has 3 N–H and O–H groups in total. The Morgan fingerprint density at radius 2 is 2.00 bits per heavy atom. The molecule has 0 spiro atoms. The number of hydrogen-bond donors (Lipinski definition) is 3. The zero-order valence-electron chi connectivity index (χ0n) is 9.98. The summed E-state index contributed by atoms with van der Waals surface area (Å²) in [5.74, 6) is -0.871. The van der Waals surface area contributed by atoms with Gasteiger partial charge in [0.15, 0.2) is 0 Å². The van der Waals surface area contributed by atoms with Crippen LogP contribution < -0.4 is 10.6 Å². The minimum absolute atomic E-state index is 0.110. The smallest absolute Gasteiger partial charge is 0.371 e. The first-order valence-corrected chi connectivity index (χ1v) is 5.26. The number of hydrogen-bond acceptors (Lipinski definition) is 4. The Kier molecular flexibility index (Phi) is 4.28. The van der Waals surface area contributed by atoms with Gasteiger partial charge in [0.2, 0.25) is 11.7 Å². The number of amides is 1. The van der Waals surface area contributed by atoms with Gasteiger partial charge in [0, 0.05) is 7.05 Å². The molecule has 1 aromatic rings. The van der Waals surface area contributed by atoms with E-state index in [1.807, 2.05) is 0 Å². The van der Waals surface area contributed by atoms with Crippen LogP contribution >= 0.6 is 0 Å². The molecule has 0 radical (unpaired) electrons. The van der Waals surface area contributed by atoms with Gasteiger partial charge in [-0.05, 0) is 26.0 Å². The maximum absolute atomic E-state index is 11.3. The van der Waals surface area contributed by atoms with Crippen molar-refractivity contribution in [2.24, 2.45) is 0 Å². The van der Waals surface area contributed by atoms with Crippen LogP contribution in [0.5, 0.6) is 0 Å². The van der Waals surface area contributed by atoms with Crippen LogP contribution in [0.2, 0.25) is 0 Å². The number of rotatable bonds is 5. The summed E-state index contributed by atoms with van der Waals surface area (Å²) in [7, 11) is 1.56. The van der Waals surface area contributed by atoms with Crippen molar-refractivity contribution in [3.8, 4) is 0 Å². The molecule has 0 aliphatic heterocycles. The Balaban J connectivity index is 2.66. The lowest BCUT2D eigenvalue weighted by Gasteiger charge is -2.16. The molecule has 2 atom stereocenters. The summed E-state index contributed by atoms with van der Waals surface area (Å²) < 4.78 is 5.13. The molecule has 1 amide bonds. The summed E-state index contributed by atoms with van der Waals surface area (Å²) in [6.07, 6.45) is 0. The molecule has 1 aromatic heterocycles. The normalized spacial score (nSPS) is 14.1. The molecule has 94 valence electrons. The van der Waals surface area contributed by atoms with Crippen LogP contribution in [0.25, 0.3) is 0 Å². The Hall–Kier alpha value is -1.82. The summed E-state index contributed by atoms with van der Waals surface area (Å²) >= 11 is 0. The third-order valence-corrected chi connectivity index (χ3v) is 2.40. The maximum Gasteiger partial charge on any atom is 0.371 e. The largest absolute Gasteiger partial charge is 0.475 e. The quantitative estimate of drug-likeness (QED) is 0.706. The fourth-order valence-electron chi connectivity index (χ4n) is 1.45. The van der Waals surface area contributed by atoms with Gasteiger partial charge in [-0.25, -0.2) is 4.79 Å². The molecule has 0 saturated heterocycles. The van der Waals surface area contributed by atoms with Gasteiger partial charge in [-0.2, -0.15) is 0 Å². The number of nitrogens with one attached hydrogen (secondary N) is 2. The average molecular weight is 240 g/mol. The first-order chi connectivity index (χ1) is 7.95. The molecule has 0 aromatic carbocycles. The number of aromatic carboxylic acids is 1. The molecule has 17 heavy (non-hydrogen) atoms. The standard InChI is InChI=1S/C11H16N2O4/c1-6(13-7(2)10(14)12-3)8-4-5-9(17-8)11(15)16/h4-7,13H,1-3H3,(H,12,14)(H,15,16). The average Bonchev–Trinajstić information content (AvgIpc) is 2.77. The van der Waals surface area contributed by atoms with Crippen molar-refractivity contribution < 1.29 is 19.1 Å². The van der Waals surface area contributed by atoms with E-state index in [0.29, 0.717) is 5.76 Å². The highest BCUT2D eigenvalue weighted by molar-refractivity contribution is 5.84. The summed E-state index contributed by atoms with van der Waals surface area (Å²) in [5, 5.41) is 14.2. The highest BCUT2D eigenvalue weighted by Crippen LogP contribution is 2.16. The van der Waals surface area contributed by atoms with Gasteiger partial charge in [-0.3, -0.25) is 10.1 Å². The number of likely N-dealkylation sites (N-methyl/N-ethyl adjacent to an activating group) is 1. The number of carbonyl (C=O) groups excluding carboxylic acids is 1. The van der Waals surface area contributed by atoms with Gasteiger partial charge in [0.1, 0.15) is 5.76 Å². The zero-order valence-corrected chi connectivity index (χ0v) is 9.98. The molecule has 0 aliphatic rings. The Bertz CT molecular complexity index is 413. The summed E-state index contributed by atoms with van der Waals surface area (Å²) in [6.45, 7) is 3.51. The highest BCUT2D eigenvalue weighted by atomic mass is 16.4. The van der Waals surface area contributed by atoms with Gasteiger partial charge >= 0.3 is 5.97 Å². The SMILES string of the molecule is CNC(=O)C(C)NC(C)c1ccc(C(=O)O)o1. The van der Waals surface area contributed by atoms with Crippen molar-refractivity contribution in [3.05, 3.63) is 23.7 Å². The summed E-state index contributed by atoms with van der Waals surface area (Å²) in [6, 6.07) is 2.35. The van der Waals surface area contributed by atoms with Gasteiger partial charge in [-0.15, -0.1) is 0 Å². The van der Waals surface area contributed by atoms with E-state index in [0.717, 1.165) is 0 Å². The molecule has 2 unspecified atom stereocenters. The monoisotopic (exact) mass is 240 g/mol. The summed E-state index contributed by atoms with van der Waals surface area (Å²) in [4.78, 5) is 21.9. The van der Waals surface area contributed by atoms with Crippen molar-refractivity contribution in [1.29, 1.82) is 0 Å². The fraction of sp³-hybridized carbons (Fsp3) is 0.455. The molecule has 0 aliphatic carbocycles. The van der Waals surface area contributed by atoms with E-state index in [1.165, 1.54) is 6.07 Å². The van der Waals surface area contributed by atoms with Crippen LogP contribution in [0, 0.1) is 0 Å². The van der Waals surface area contributed by atoms with Crippen molar-refractivity contribution >= 4 is 11.9 Å². The lowest BCUT2D eigenvalue weighted by Crippen LogP contribution is -2.41. The van der Waals surface area contributed by atoms with Crippen LogP contribution in [-0.4, -0.2) is 30.1 Å².